The number of hydrogen-bond acceptors (Lipinski definition) is 3. The lowest BCUT2D eigenvalue weighted by molar-refractivity contribution is 0.341. The van der Waals surface area contributed by atoms with Gasteiger partial charge in [-0.3, -0.25) is 0 Å². The van der Waals surface area contributed by atoms with Crippen LogP contribution in [0.4, 0.5) is 10.1 Å². The molecular formula is C12H19FN2O2S. The Labute approximate surface area is 108 Å². The van der Waals surface area contributed by atoms with Gasteiger partial charge in [0.05, 0.1) is 0 Å². The summed E-state index contributed by atoms with van der Waals surface area (Å²) in [5.74, 6) is -0.809. The standard InChI is InChI=1S/C12H19FN2O2S/c1-4-9(3)15(5-2)18(16,17)12-7-6-10(14)8-11(12)13/h6-9H,4-5,14H2,1-3H3. The van der Waals surface area contributed by atoms with E-state index in [2.05, 4.69) is 0 Å². The van der Waals surface area contributed by atoms with Gasteiger partial charge in [-0.15, -0.1) is 0 Å². The predicted octanol–water partition coefficient (Wildman–Crippen LogP) is 2.22. The molecule has 1 aromatic rings. The van der Waals surface area contributed by atoms with Crippen LogP contribution >= 0.6 is 0 Å². The van der Waals surface area contributed by atoms with E-state index in [4.69, 9.17) is 5.73 Å². The molecule has 0 bridgehead atoms. The van der Waals surface area contributed by atoms with Gasteiger partial charge in [0, 0.05) is 18.3 Å². The highest BCUT2D eigenvalue weighted by Crippen LogP contribution is 2.23. The highest BCUT2D eigenvalue weighted by atomic mass is 32.2. The lowest BCUT2D eigenvalue weighted by atomic mass is 10.3. The Kier molecular flexibility index (Phi) is 4.70. The third-order valence-electron chi connectivity index (χ3n) is 2.94. The van der Waals surface area contributed by atoms with E-state index in [0.717, 1.165) is 6.07 Å². The number of nitrogen functional groups attached to an aromatic ring is 1. The maximum absolute atomic E-state index is 13.7. The molecule has 0 aliphatic carbocycles. The van der Waals surface area contributed by atoms with Crippen molar-refractivity contribution in [3.8, 4) is 0 Å². The summed E-state index contributed by atoms with van der Waals surface area (Å²) in [6.45, 7) is 5.73. The zero-order chi connectivity index (χ0) is 13.9. The van der Waals surface area contributed by atoms with E-state index in [1.165, 1.54) is 16.4 Å². The van der Waals surface area contributed by atoms with Crippen LogP contribution in [0.2, 0.25) is 0 Å². The molecule has 0 heterocycles. The zero-order valence-electron chi connectivity index (χ0n) is 10.9. The van der Waals surface area contributed by atoms with E-state index in [1.807, 2.05) is 6.92 Å². The Hall–Kier alpha value is -1.14. The molecule has 0 aliphatic heterocycles. The lowest BCUT2D eigenvalue weighted by Crippen LogP contribution is -2.38. The predicted molar refractivity (Wildman–Crippen MR) is 70.1 cm³/mol. The number of sulfonamides is 1. The van der Waals surface area contributed by atoms with Crippen LogP contribution in [0.15, 0.2) is 23.1 Å². The molecule has 18 heavy (non-hydrogen) atoms. The number of nitrogens with two attached hydrogens (primary N) is 1. The number of anilines is 1. The van der Waals surface area contributed by atoms with E-state index < -0.39 is 15.8 Å². The van der Waals surface area contributed by atoms with Crippen LogP contribution in [0.5, 0.6) is 0 Å². The topological polar surface area (TPSA) is 63.4 Å². The summed E-state index contributed by atoms with van der Waals surface area (Å²) in [5, 5.41) is 0. The Morgan fingerprint density at radius 2 is 2.00 bits per heavy atom. The maximum Gasteiger partial charge on any atom is 0.246 e. The van der Waals surface area contributed by atoms with Gasteiger partial charge in [0.2, 0.25) is 10.0 Å². The van der Waals surface area contributed by atoms with Gasteiger partial charge < -0.3 is 5.73 Å². The van der Waals surface area contributed by atoms with Crippen molar-refractivity contribution in [3.63, 3.8) is 0 Å². The van der Waals surface area contributed by atoms with Gasteiger partial charge in [-0.25, -0.2) is 12.8 Å². The molecule has 0 fully saturated rings. The molecule has 0 radical (unpaired) electrons. The molecule has 1 unspecified atom stereocenters. The fourth-order valence-corrected chi connectivity index (χ4v) is 3.54. The summed E-state index contributed by atoms with van der Waals surface area (Å²) in [7, 11) is -3.81. The molecule has 4 nitrogen and oxygen atoms in total. The second-order valence-corrected chi connectivity index (χ2v) is 6.01. The van der Waals surface area contributed by atoms with E-state index in [-0.39, 0.29) is 16.6 Å². The van der Waals surface area contributed by atoms with Crippen molar-refractivity contribution < 1.29 is 12.8 Å². The number of benzene rings is 1. The number of hydrogen-bond donors (Lipinski definition) is 1. The van der Waals surface area contributed by atoms with Crippen molar-refractivity contribution in [2.24, 2.45) is 0 Å². The van der Waals surface area contributed by atoms with Gasteiger partial charge in [-0.05, 0) is 31.5 Å². The van der Waals surface area contributed by atoms with E-state index in [0.29, 0.717) is 13.0 Å². The molecule has 1 rings (SSSR count). The molecule has 1 atom stereocenters. The normalized spacial score (nSPS) is 13.8. The van der Waals surface area contributed by atoms with E-state index >= 15 is 0 Å². The van der Waals surface area contributed by atoms with Crippen molar-refractivity contribution in [1.82, 2.24) is 4.31 Å². The molecule has 0 saturated heterocycles. The van der Waals surface area contributed by atoms with Crippen molar-refractivity contribution in [1.29, 1.82) is 0 Å². The zero-order valence-corrected chi connectivity index (χ0v) is 11.7. The summed E-state index contributed by atoms with van der Waals surface area (Å²) in [6.07, 6.45) is 0.670. The number of nitrogens with zero attached hydrogens (tertiary/aromatic N) is 1. The maximum atomic E-state index is 13.7. The summed E-state index contributed by atoms with van der Waals surface area (Å²) in [4.78, 5) is -0.321. The minimum absolute atomic E-state index is 0.169. The molecule has 1 aromatic carbocycles. The smallest absolute Gasteiger partial charge is 0.246 e. The Balaban J connectivity index is 3.27. The van der Waals surface area contributed by atoms with Crippen molar-refractivity contribution >= 4 is 15.7 Å². The van der Waals surface area contributed by atoms with Gasteiger partial charge in [-0.2, -0.15) is 4.31 Å². The average Bonchev–Trinajstić information content (AvgIpc) is 2.28. The lowest BCUT2D eigenvalue weighted by Gasteiger charge is -2.26. The largest absolute Gasteiger partial charge is 0.399 e. The second-order valence-electron chi connectivity index (χ2n) is 4.16. The summed E-state index contributed by atoms with van der Waals surface area (Å²) < 4.78 is 39.7. The minimum atomic E-state index is -3.81. The first-order valence-corrected chi connectivity index (χ1v) is 7.35. The van der Waals surface area contributed by atoms with E-state index in [9.17, 15) is 12.8 Å². The molecule has 0 amide bonds. The average molecular weight is 274 g/mol. The SMILES string of the molecule is CCC(C)N(CC)S(=O)(=O)c1ccc(N)cc1F. The van der Waals surface area contributed by atoms with Crippen LogP contribution in [0.25, 0.3) is 0 Å². The van der Waals surface area contributed by atoms with Gasteiger partial charge in [0.15, 0.2) is 0 Å². The fraction of sp³-hybridized carbons (Fsp3) is 0.500. The molecule has 0 saturated carbocycles. The van der Waals surface area contributed by atoms with Gasteiger partial charge >= 0.3 is 0 Å². The van der Waals surface area contributed by atoms with Crippen molar-refractivity contribution in [3.05, 3.63) is 24.0 Å². The first-order valence-electron chi connectivity index (χ1n) is 5.91. The molecule has 2 N–H and O–H groups in total. The second kappa shape index (κ2) is 5.67. The van der Waals surface area contributed by atoms with Gasteiger partial charge in [0.25, 0.3) is 0 Å². The molecular weight excluding hydrogens is 255 g/mol. The first kappa shape index (κ1) is 14.9. The monoisotopic (exact) mass is 274 g/mol. The Morgan fingerprint density at radius 3 is 2.44 bits per heavy atom. The fourth-order valence-electron chi connectivity index (χ4n) is 1.77. The summed E-state index contributed by atoms with van der Waals surface area (Å²) >= 11 is 0. The Morgan fingerprint density at radius 1 is 1.39 bits per heavy atom. The Bertz CT molecular complexity index is 517. The van der Waals surface area contributed by atoms with Crippen LogP contribution in [0, 0.1) is 5.82 Å². The highest BCUT2D eigenvalue weighted by Gasteiger charge is 2.29. The first-order chi connectivity index (χ1) is 8.34. The van der Waals surface area contributed by atoms with Gasteiger partial charge in [-0.1, -0.05) is 13.8 Å². The molecule has 6 heteroatoms. The van der Waals surface area contributed by atoms with Gasteiger partial charge in [0.1, 0.15) is 10.7 Å². The molecule has 102 valence electrons. The summed E-state index contributed by atoms with van der Waals surface area (Å²) in [5.41, 5.74) is 5.62. The quantitative estimate of drug-likeness (QED) is 0.837. The van der Waals surface area contributed by atoms with Crippen molar-refractivity contribution in [2.45, 2.75) is 38.1 Å². The van der Waals surface area contributed by atoms with Crippen LogP contribution in [0.3, 0.4) is 0 Å². The number of halogens is 1. The summed E-state index contributed by atoms with van der Waals surface area (Å²) in [6, 6.07) is 3.46. The third-order valence-corrected chi connectivity index (χ3v) is 5.06. The molecule has 0 aromatic heterocycles. The molecule has 0 aliphatic rings. The molecule has 0 spiro atoms. The van der Waals surface area contributed by atoms with Crippen molar-refractivity contribution in [2.75, 3.05) is 12.3 Å². The highest BCUT2D eigenvalue weighted by molar-refractivity contribution is 7.89. The van der Waals surface area contributed by atoms with Crippen LogP contribution < -0.4 is 5.73 Å². The minimum Gasteiger partial charge on any atom is -0.399 e. The van der Waals surface area contributed by atoms with Crippen LogP contribution in [-0.4, -0.2) is 25.3 Å². The third kappa shape index (κ3) is 2.81. The van der Waals surface area contributed by atoms with Crippen LogP contribution in [0.1, 0.15) is 27.2 Å². The van der Waals surface area contributed by atoms with Crippen LogP contribution in [-0.2, 0) is 10.0 Å². The number of rotatable bonds is 5. The van der Waals surface area contributed by atoms with E-state index in [1.54, 1.807) is 13.8 Å².